The van der Waals surface area contributed by atoms with Crippen LogP contribution in [0.1, 0.15) is 58.3 Å². The molecule has 4 atom stereocenters. The van der Waals surface area contributed by atoms with Crippen LogP contribution in [0.3, 0.4) is 0 Å². The summed E-state index contributed by atoms with van der Waals surface area (Å²) in [4.78, 5) is 12.3. The van der Waals surface area contributed by atoms with Crippen molar-refractivity contribution in [1.29, 1.82) is 0 Å². The first-order valence-electron chi connectivity index (χ1n) is 8.24. The summed E-state index contributed by atoms with van der Waals surface area (Å²) in [5, 5.41) is 9.83. The van der Waals surface area contributed by atoms with E-state index < -0.39 is 0 Å². The summed E-state index contributed by atoms with van der Waals surface area (Å²) >= 11 is 0. The van der Waals surface area contributed by atoms with Gasteiger partial charge < -0.3 is 5.11 Å². The smallest absolute Gasteiger partial charge is 0.139 e. The van der Waals surface area contributed by atoms with Crippen LogP contribution in [-0.2, 0) is 4.79 Å². The minimum absolute atomic E-state index is 0.0237. The van der Waals surface area contributed by atoms with E-state index in [0.717, 1.165) is 44.9 Å². The summed E-state index contributed by atoms with van der Waals surface area (Å²) < 4.78 is 0. The molecule has 0 aromatic heterocycles. The van der Waals surface area contributed by atoms with Crippen LogP contribution in [0.15, 0.2) is 22.8 Å². The number of aliphatic hydroxyl groups excluding tert-OH is 1. The van der Waals surface area contributed by atoms with Crippen LogP contribution in [0.4, 0.5) is 0 Å². The van der Waals surface area contributed by atoms with Crippen molar-refractivity contribution in [2.45, 2.75) is 64.4 Å². The molecule has 108 valence electrons. The van der Waals surface area contributed by atoms with Gasteiger partial charge in [-0.15, -0.1) is 0 Å². The monoisotopic (exact) mass is 272 g/mol. The Balaban J connectivity index is 1.74. The molecular weight excluding hydrogens is 248 g/mol. The van der Waals surface area contributed by atoms with Crippen LogP contribution in [0, 0.1) is 17.3 Å². The van der Waals surface area contributed by atoms with E-state index in [2.05, 4.69) is 13.0 Å². The lowest BCUT2D eigenvalue weighted by atomic mass is 9.57. The lowest BCUT2D eigenvalue weighted by molar-refractivity contribution is -0.128. The molecule has 0 spiro atoms. The Morgan fingerprint density at radius 2 is 2.00 bits per heavy atom. The first-order chi connectivity index (χ1) is 9.59. The number of hydrogen-bond donors (Lipinski definition) is 1. The van der Waals surface area contributed by atoms with Gasteiger partial charge in [-0.2, -0.15) is 0 Å². The second kappa shape index (κ2) is 4.30. The molecule has 0 aromatic rings. The van der Waals surface area contributed by atoms with E-state index in [1.807, 2.05) is 0 Å². The Labute approximate surface area is 120 Å². The molecule has 20 heavy (non-hydrogen) atoms. The Bertz CT molecular complexity index is 528. The van der Waals surface area contributed by atoms with Crippen molar-refractivity contribution < 1.29 is 9.90 Å². The van der Waals surface area contributed by atoms with Crippen molar-refractivity contribution in [2.24, 2.45) is 17.3 Å². The van der Waals surface area contributed by atoms with E-state index in [9.17, 15) is 9.90 Å². The van der Waals surface area contributed by atoms with Crippen LogP contribution in [-0.4, -0.2) is 17.0 Å². The van der Waals surface area contributed by atoms with E-state index in [1.165, 1.54) is 12.0 Å². The zero-order valence-electron chi connectivity index (χ0n) is 12.3. The normalized spacial score (nSPS) is 43.8. The molecule has 0 heterocycles. The molecule has 0 aromatic carbocycles. The van der Waals surface area contributed by atoms with Crippen LogP contribution in [0.25, 0.3) is 0 Å². The second-order valence-corrected chi connectivity index (χ2v) is 7.43. The minimum Gasteiger partial charge on any atom is -0.389 e. The van der Waals surface area contributed by atoms with Crippen LogP contribution in [0.2, 0.25) is 0 Å². The van der Waals surface area contributed by atoms with Crippen molar-refractivity contribution in [1.82, 2.24) is 0 Å². The molecule has 2 fully saturated rings. The summed E-state index contributed by atoms with van der Waals surface area (Å²) in [6.45, 7) is 2.23. The first-order valence-corrected chi connectivity index (χ1v) is 8.24. The van der Waals surface area contributed by atoms with Crippen molar-refractivity contribution in [3.63, 3.8) is 0 Å². The molecule has 0 aliphatic heterocycles. The quantitative estimate of drug-likeness (QED) is 0.732. The number of carbonyl (C=O) groups excluding carboxylic acids is 1. The van der Waals surface area contributed by atoms with Crippen molar-refractivity contribution >= 4 is 5.78 Å². The molecule has 0 radical (unpaired) electrons. The van der Waals surface area contributed by atoms with Crippen molar-refractivity contribution in [2.75, 3.05) is 0 Å². The maximum Gasteiger partial charge on any atom is 0.139 e. The third-order valence-electron chi connectivity index (χ3n) is 6.57. The Kier molecular flexibility index (Phi) is 2.76. The maximum atomic E-state index is 12.3. The van der Waals surface area contributed by atoms with Gasteiger partial charge in [0.2, 0.25) is 0 Å². The third-order valence-corrected chi connectivity index (χ3v) is 6.57. The lowest BCUT2D eigenvalue weighted by Crippen LogP contribution is -2.40. The molecule has 0 saturated heterocycles. The van der Waals surface area contributed by atoms with Crippen LogP contribution < -0.4 is 0 Å². The van der Waals surface area contributed by atoms with Gasteiger partial charge >= 0.3 is 0 Å². The number of rotatable bonds is 0. The zero-order valence-corrected chi connectivity index (χ0v) is 12.3. The highest BCUT2D eigenvalue weighted by atomic mass is 16.3. The molecule has 0 bridgehead atoms. The molecule has 2 nitrogen and oxygen atoms in total. The molecule has 2 saturated carbocycles. The molecule has 2 heteroatoms. The fourth-order valence-electron chi connectivity index (χ4n) is 5.42. The third kappa shape index (κ3) is 1.64. The van der Waals surface area contributed by atoms with Gasteiger partial charge in [0.05, 0.1) is 6.10 Å². The average Bonchev–Trinajstić information content (AvgIpc) is 2.74. The summed E-state index contributed by atoms with van der Waals surface area (Å²) in [5.41, 5.74) is 4.62. The van der Waals surface area contributed by atoms with Gasteiger partial charge in [0.25, 0.3) is 0 Å². The summed E-state index contributed by atoms with van der Waals surface area (Å²) in [6, 6.07) is 0. The highest BCUT2D eigenvalue weighted by molar-refractivity contribution is 5.87. The van der Waals surface area contributed by atoms with E-state index in [4.69, 9.17) is 0 Å². The zero-order chi connectivity index (χ0) is 13.9. The number of Topliss-reactive ketones (excluding diaryl/α,β-unsaturated/α-hetero) is 1. The molecule has 0 amide bonds. The Morgan fingerprint density at radius 3 is 2.85 bits per heavy atom. The van der Waals surface area contributed by atoms with Gasteiger partial charge in [0.15, 0.2) is 0 Å². The number of ketones is 1. The average molecular weight is 272 g/mol. The predicted octanol–water partition coefficient (Wildman–Crippen LogP) is 3.55. The lowest BCUT2D eigenvalue weighted by Gasteiger charge is -2.46. The fraction of sp³-hybridized carbons (Fsp3) is 0.722. The Morgan fingerprint density at radius 1 is 1.15 bits per heavy atom. The largest absolute Gasteiger partial charge is 0.389 e. The van der Waals surface area contributed by atoms with E-state index in [-0.39, 0.29) is 11.5 Å². The molecule has 4 aliphatic rings. The molecule has 4 rings (SSSR count). The summed E-state index contributed by atoms with van der Waals surface area (Å²) in [6.07, 6.45) is 10.2. The predicted molar refractivity (Wildman–Crippen MR) is 78.1 cm³/mol. The van der Waals surface area contributed by atoms with Crippen LogP contribution >= 0.6 is 0 Å². The Hall–Kier alpha value is -0.890. The topological polar surface area (TPSA) is 37.3 Å². The number of carbonyl (C=O) groups is 1. The number of allylic oxidation sites excluding steroid dienone is 3. The number of aliphatic hydroxyl groups is 1. The highest BCUT2D eigenvalue weighted by Gasteiger charge is 2.53. The summed E-state index contributed by atoms with van der Waals surface area (Å²) in [7, 11) is 0. The van der Waals surface area contributed by atoms with Gasteiger partial charge in [-0.25, -0.2) is 0 Å². The van der Waals surface area contributed by atoms with E-state index in [0.29, 0.717) is 17.6 Å². The van der Waals surface area contributed by atoms with Crippen molar-refractivity contribution in [3.05, 3.63) is 22.8 Å². The summed E-state index contributed by atoms with van der Waals surface area (Å²) in [5.74, 6) is 1.77. The van der Waals surface area contributed by atoms with Crippen LogP contribution in [0.5, 0.6) is 0 Å². The van der Waals surface area contributed by atoms with E-state index >= 15 is 0 Å². The first kappa shape index (κ1) is 12.8. The van der Waals surface area contributed by atoms with Gasteiger partial charge in [0, 0.05) is 11.8 Å². The maximum absolute atomic E-state index is 12.3. The number of hydrogen-bond acceptors (Lipinski definition) is 2. The van der Waals surface area contributed by atoms with Gasteiger partial charge in [-0.05, 0) is 67.9 Å². The molecule has 1 N–H and O–H groups in total. The van der Waals surface area contributed by atoms with Gasteiger partial charge in [-0.1, -0.05) is 18.6 Å². The molecular formula is C18H24O2. The molecule has 4 aliphatic carbocycles. The molecule has 0 unspecified atom stereocenters. The fourth-order valence-corrected chi connectivity index (χ4v) is 5.42. The standard InChI is InChI=1S/C18H24O2/c1-18-9-8-14-13-5-3-12(19)10-11(13)2-4-15(14)16(18)6-7-17(18)20/h10,12,15-16,19H,2-9H2,1H3/t12-,15+,16+,18-/m0/s1. The van der Waals surface area contributed by atoms with Crippen molar-refractivity contribution in [3.8, 4) is 0 Å². The minimum atomic E-state index is -0.229. The van der Waals surface area contributed by atoms with Gasteiger partial charge in [0.1, 0.15) is 5.78 Å². The highest BCUT2D eigenvalue weighted by Crippen LogP contribution is 2.58. The SMILES string of the molecule is C[C@]12CCC3=C4CC[C@H](O)C=C4CC[C@H]3[C@H]1CCC2=O. The van der Waals surface area contributed by atoms with Gasteiger partial charge in [-0.3, -0.25) is 4.79 Å². The second-order valence-electron chi connectivity index (χ2n) is 7.43. The number of fused-ring (bicyclic) bond motifs is 4. The van der Waals surface area contributed by atoms with E-state index in [1.54, 1.807) is 11.1 Å².